The van der Waals surface area contributed by atoms with Crippen molar-refractivity contribution in [3.63, 3.8) is 0 Å². The number of aldehydes is 1. The zero-order valence-corrected chi connectivity index (χ0v) is 15.2. The van der Waals surface area contributed by atoms with Crippen LogP contribution in [0.15, 0.2) is 42.6 Å². The van der Waals surface area contributed by atoms with Gasteiger partial charge in [-0.1, -0.05) is 35.9 Å². The van der Waals surface area contributed by atoms with Crippen molar-refractivity contribution >= 4 is 34.7 Å². The summed E-state index contributed by atoms with van der Waals surface area (Å²) in [6.45, 7) is 3.23. The number of nitrogens with zero attached hydrogens (tertiary/aromatic N) is 1. The summed E-state index contributed by atoms with van der Waals surface area (Å²) in [5.41, 5.74) is 4.65. The largest absolute Gasteiger partial charge is 0.360 e. The van der Waals surface area contributed by atoms with Crippen molar-refractivity contribution in [1.82, 2.24) is 9.88 Å². The molecule has 26 heavy (non-hydrogen) atoms. The van der Waals surface area contributed by atoms with Gasteiger partial charge in [0.15, 0.2) is 6.29 Å². The molecule has 2 heterocycles. The van der Waals surface area contributed by atoms with Gasteiger partial charge in [-0.2, -0.15) is 0 Å². The van der Waals surface area contributed by atoms with E-state index in [1.165, 1.54) is 5.56 Å². The molecule has 0 bridgehead atoms. The molecule has 1 aliphatic heterocycles. The van der Waals surface area contributed by atoms with Crippen LogP contribution in [0.4, 0.5) is 0 Å². The van der Waals surface area contributed by atoms with E-state index >= 15 is 0 Å². The summed E-state index contributed by atoms with van der Waals surface area (Å²) in [7, 11) is 0. The summed E-state index contributed by atoms with van der Waals surface area (Å²) < 4.78 is 0. The van der Waals surface area contributed by atoms with E-state index in [-0.39, 0.29) is 5.91 Å². The molecule has 1 aliphatic rings. The number of rotatable bonds is 3. The van der Waals surface area contributed by atoms with Crippen LogP contribution in [0.5, 0.6) is 0 Å². The monoisotopic (exact) mass is 366 g/mol. The van der Waals surface area contributed by atoms with Crippen molar-refractivity contribution in [2.75, 3.05) is 13.1 Å². The second-order valence-corrected chi connectivity index (χ2v) is 7.22. The van der Waals surface area contributed by atoms with Crippen molar-refractivity contribution in [3.8, 4) is 11.1 Å². The zero-order valence-electron chi connectivity index (χ0n) is 14.5. The lowest BCUT2D eigenvalue weighted by Gasteiger charge is -2.14. The third kappa shape index (κ3) is 2.90. The topological polar surface area (TPSA) is 53.2 Å². The summed E-state index contributed by atoms with van der Waals surface area (Å²) in [5, 5.41) is 1.52. The summed E-state index contributed by atoms with van der Waals surface area (Å²) >= 11 is 6.46. The molecule has 1 amide bonds. The van der Waals surface area contributed by atoms with Crippen molar-refractivity contribution in [2.45, 2.75) is 19.3 Å². The Kier molecular flexibility index (Phi) is 4.29. The van der Waals surface area contributed by atoms with Crippen LogP contribution in [0.25, 0.3) is 22.0 Å². The normalized spacial score (nSPS) is 17.0. The van der Waals surface area contributed by atoms with E-state index in [4.69, 9.17) is 11.6 Å². The summed E-state index contributed by atoms with van der Waals surface area (Å²) in [4.78, 5) is 27.7. The van der Waals surface area contributed by atoms with Crippen LogP contribution in [0.3, 0.4) is 0 Å². The number of H-pyrrole nitrogens is 1. The molecule has 0 saturated carbocycles. The Morgan fingerprint density at radius 3 is 2.69 bits per heavy atom. The van der Waals surface area contributed by atoms with Gasteiger partial charge >= 0.3 is 0 Å². The van der Waals surface area contributed by atoms with Gasteiger partial charge in [0.2, 0.25) is 5.91 Å². The molecule has 0 spiro atoms. The minimum absolute atomic E-state index is 0.140. The van der Waals surface area contributed by atoms with E-state index < -0.39 is 0 Å². The molecule has 1 atom stereocenters. The highest BCUT2D eigenvalue weighted by Crippen LogP contribution is 2.34. The number of nitrogens with one attached hydrogen (secondary N) is 1. The number of carbonyl (C=O) groups excluding carboxylic acids is 2. The molecule has 0 radical (unpaired) electrons. The van der Waals surface area contributed by atoms with Crippen LogP contribution in [0.1, 0.15) is 35.2 Å². The van der Waals surface area contributed by atoms with Gasteiger partial charge in [0.25, 0.3) is 0 Å². The molecule has 1 N–H and O–H groups in total. The SMILES string of the molecule is CC(=O)N1CCC(c2ccc(-c3cc4c(C=O)c[nH]c4cc3Cl)cc2)C1. The van der Waals surface area contributed by atoms with Crippen molar-refractivity contribution in [1.29, 1.82) is 0 Å². The van der Waals surface area contributed by atoms with Crippen molar-refractivity contribution in [2.24, 2.45) is 0 Å². The highest BCUT2D eigenvalue weighted by atomic mass is 35.5. The molecule has 3 aromatic rings. The Labute approximate surface area is 156 Å². The first-order chi connectivity index (χ1) is 12.6. The van der Waals surface area contributed by atoms with Crippen LogP contribution in [0, 0.1) is 0 Å². The first-order valence-electron chi connectivity index (χ1n) is 8.68. The van der Waals surface area contributed by atoms with Gasteiger partial charge in [-0.3, -0.25) is 9.59 Å². The highest BCUT2D eigenvalue weighted by molar-refractivity contribution is 6.34. The number of fused-ring (bicyclic) bond motifs is 1. The van der Waals surface area contributed by atoms with Crippen LogP contribution >= 0.6 is 11.6 Å². The Balaban J connectivity index is 1.65. The van der Waals surface area contributed by atoms with Crippen molar-refractivity contribution < 1.29 is 9.59 Å². The van der Waals surface area contributed by atoms with Crippen molar-refractivity contribution in [3.05, 3.63) is 58.7 Å². The maximum atomic E-state index is 11.5. The number of likely N-dealkylation sites (tertiary alicyclic amines) is 1. The first-order valence-corrected chi connectivity index (χ1v) is 9.06. The number of aromatic amines is 1. The maximum Gasteiger partial charge on any atom is 0.219 e. The van der Waals surface area contributed by atoms with E-state index in [1.807, 2.05) is 17.0 Å². The molecular formula is C21H19ClN2O2. The molecule has 1 fully saturated rings. The third-order valence-electron chi connectivity index (χ3n) is 5.26. The molecule has 132 valence electrons. The molecular weight excluding hydrogens is 348 g/mol. The minimum Gasteiger partial charge on any atom is -0.360 e. The standard InChI is InChI=1S/C21H19ClN2O2/c1-13(26)24-7-6-16(11-24)14-2-4-15(5-3-14)18-8-19-17(12-25)10-23-21(19)9-20(18)22/h2-5,8-10,12,16,23H,6-7,11H2,1H3. The number of benzene rings is 2. The quantitative estimate of drug-likeness (QED) is 0.687. The Hall–Kier alpha value is -2.59. The van der Waals surface area contributed by atoms with E-state index in [0.717, 1.165) is 47.8 Å². The van der Waals surface area contributed by atoms with E-state index in [9.17, 15) is 9.59 Å². The highest BCUT2D eigenvalue weighted by Gasteiger charge is 2.25. The van der Waals surface area contributed by atoms with Gasteiger partial charge in [0.05, 0.1) is 5.02 Å². The molecule has 2 aromatic carbocycles. The number of aromatic nitrogens is 1. The van der Waals surface area contributed by atoms with E-state index in [0.29, 0.717) is 16.5 Å². The van der Waals surface area contributed by atoms with E-state index in [2.05, 4.69) is 29.2 Å². The number of carbonyl (C=O) groups is 2. The average molecular weight is 367 g/mol. The Bertz CT molecular complexity index is 991. The van der Waals surface area contributed by atoms with Gasteiger partial charge < -0.3 is 9.88 Å². The fraction of sp³-hybridized carbons (Fsp3) is 0.238. The Morgan fingerprint density at radius 2 is 2.04 bits per heavy atom. The van der Waals surface area contributed by atoms with Gasteiger partial charge in [-0.05, 0) is 29.7 Å². The summed E-state index contributed by atoms with van der Waals surface area (Å²) in [5.74, 6) is 0.527. The molecule has 4 nitrogen and oxygen atoms in total. The fourth-order valence-corrected chi connectivity index (χ4v) is 4.01. The maximum absolute atomic E-state index is 11.5. The lowest BCUT2D eigenvalue weighted by Crippen LogP contribution is -2.25. The number of halogens is 1. The summed E-state index contributed by atoms with van der Waals surface area (Å²) in [6.07, 6.45) is 3.54. The van der Waals surface area contributed by atoms with Crippen LogP contribution in [0.2, 0.25) is 5.02 Å². The molecule has 1 unspecified atom stereocenters. The molecule has 5 heteroatoms. The van der Waals surface area contributed by atoms with Crippen LogP contribution in [-0.4, -0.2) is 35.2 Å². The lowest BCUT2D eigenvalue weighted by atomic mass is 9.95. The van der Waals surface area contributed by atoms with Crippen LogP contribution < -0.4 is 0 Å². The smallest absolute Gasteiger partial charge is 0.219 e. The minimum atomic E-state index is 0.140. The predicted molar refractivity (Wildman–Crippen MR) is 104 cm³/mol. The zero-order chi connectivity index (χ0) is 18.3. The molecule has 1 aromatic heterocycles. The lowest BCUT2D eigenvalue weighted by molar-refractivity contribution is -0.127. The van der Waals surface area contributed by atoms with E-state index in [1.54, 1.807) is 13.1 Å². The van der Waals surface area contributed by atoms with Gasteiger partial charge in [-0.25, -0.2) is 0 Å². The first kappa shape index (κ1) is 16.9. The van der Waals surface area contributed by atoms with Gasteiger partial charge in [-0.15, -0.1) is 0 Å². The summed E-state index contributed by atoms with van der Waals surface area (Å²) in [6, 6.07) is 12.2. The van der Waals surface area contributed by atoms with Crippen LogP contribution in [-0.2, 0) is 4.79 Å². The predicted octanol–water partition coefficient (Wildman–Crippen LogP) is 4.64. The average Bonchev–Trinajstić information content (AvgIpc) is 3.28. The number of amides is 1. The van der Waals surface area contributed by atoms with Gasteiger partial charge in [0, 0.05) is 54.2 Å². The second-order valence-electron chi connectivity index (χ2n) is 6.81. The Morgan fingerprint density at radius 1 is 1.27 bits per heavy atom. The van der Waals surface area contributed by atoms with Gasteiger partial charge in [0.1, 0.15) is 0 Å². The third-order valence-corrected chi connectivity index (χ3v) is 5.57. The molecule has 1 saturated heterocycles. The second kappa shape index (κ2) is 6.61. The molecule has 0 aliphatic carbocycles. The number of hydrogen-bond acceptors (Lipinski definition) is 2. The fourth-order valence-electron chi connectivity index (χ4n) is 3.74. The molecule has 4 rings (SSSR count). The number of hydrogen-bond donors (Lipinski definition) is 1.